The molecule has 0 amide bonds. The Hall–Kier alpha value is -0.0400. The van der Waals surface area contributed by atoms with Gasteiger partial charge in [-0.1, -0.05) is 0 Å². The number of hydrogen-bond donors (Lipinski definition) is 0. The van der Waals surface area contributed by atoms with E-state index in [2.05, 4.69) is 20.7 Å². The van der Waals surface area contributed by atoms with Gasteiger partial charge >= 0.3 is 0 Å². The van der Waals surface area contributed by atoms with Gasteiger partial charge in [0, 0.05) is 22.1 Å². The lowest BCUT2D eigenvalue weighted by molar-refractivity contribution is 1.16. The van der Waals surface area contributed by atoms with Gasteiger partial charge < -0.3 is 0 Å². The standard InChI is InChI=1S/C8H8N2S4/c1-5-3-11-7(9-5)13-14-8-10-6(2)4-12-8/h3-4H,1-2H3. The molecule has 0 atom stereocenters. The lowest BCUT2D eigenvalue weighted by Gasteiger charge is -1.90. The van der Waals surface area contributed by atoms with E-state index in [1.807, 2.05) is 13.8 Å². The smallest absolute Gasteiger partial charge is 0.161 e. The van der Waals surface area contributed by atoms with E-state index in [4.69, 9.17) is 0 Å². The summed E-state index contributed by atoms with van der Waals surface area (Å²) in [6, 6.07) is 0. The van der Waals surface area contributed by atoms with Gasteiger partial charge in [0.25, 0.3) is 0 Å². The van der Waals surface area contributed by atoms with Crippen molar-refractivity contribution in [3.05, 3.63) is 22.1 Å². The first-order valence-corrected chi connectivity index (χ1v) is 7.84. The van der Waals surface area contributed by atoms with Crippen LogP contribution >= 0.6 is 44.3 Å². The fourth-order valence-corrected chi connectivity index (χ4v) is 4.93. The Bertz CT molecular complexity index is 380. The summed E-state index contributed by atoms with van der Waals surface area (Å²) in [6.45, 7) is 4.03. The average Bonchev–Trinajstić information content (AvgIpc) is 2.72. The number of rotatable bonds is 3. The molecule has 0 bridgehead atoms. The van der Waals surface area contributed by atoms with Crippen LogP contribution in [0.5, 0.6) is 0 Å². The fraction of sp³-hybridized carbons (Fsp3) is 0.250. The lowest BCUT2D eigenvalue weighted by Crippen LogP contribution is -1.69. The highest BCUT2D eigenvalue weighted by molar-refractivity contribution is 8.77. The molecule has 0 saturated heterocycles. The molecule has 2 aromatic heterocycles. The van der Waals surface area contributed by atoms with Crippen LogP contribution in [-0.4, -0.2) is 9.97 Å². The molecule has 0 aliphatic carbocycles. The number of aryl methyl sites for hydroxylation is 2. The summed E-state index contributed by atoms with van der Waals surface area (Å²) in [5.41, 5.74) is 2.18. The van der Waals surface area contributed by atoms with Crippen LogP contribution in [-0.2, 0) is 0 Å². The SMILES string of the molecule is Cc1csc(SSc2nc(C)cs2)n1. The van der Waals surface area contributed by atoms with Crippen LogP contribution in [0.3, 0.4) is 0 Å². The van der Waals surface area contributed by atoms with E-state index in [1.54, 1.807) is 44.3 Å². The second-order valence-corrected chi connectivity index (χ2v) is 7.02. The highest BCUT2D eigenvalue weighted by Gasteiger charge is 2.04. The Labute approximate surface area is 98.6 Å². The van der Waals surface area contributed by atoms with Crippen molar-refractivity contribution in [2.45, 2.75) is 22.5 Å². The van der Waals surface area contributed by atoms with E-state index < -0.39 is 0 Å². The first-order valence-electron chi connectivity index (χ1n) is 3.93. The molecule has 2 heterocycles. The molecule has 74 valence electrons. The predicted octanol–water partition coefficient (Wildman–Crippen LogP) is 4.02. The maximum absolute atomic E-state index is 4.37. The lowest BCUT2D eigenvalue weighted by atomic mass is 10.6. The molecule has 0 saturated carbocycles. The van der Waals surface area contributed by atoms with E-state index in [0.29, 0.717) is 0 Å². The van der Waals surface area contributed by atoms with Gasteiger partial charge in [-0.05, 0) is 35.4 Å². The Morgan fingerprint density at radius 1 is 0.929 bits per heavy atom. The number of nitrogens with zero attached hydrogens (tertiary/aromatic N) is 2. The van der Waals surface area contributed by atoms with Crippen molar-refractivity contribution in [1.82, 2.24) is 9.97 Å². The molecular weight excluding hydrogens is 252 g/mol. The number of thiazole rings is 2. The molecule has 0 aliphatic rings. The van der Waals surface area contributed by atoms with Crippen molar-refractivity contribution in [3.8, 4) is 0 Å². The van der Waals surface area contributed by atoms with Crippen molar-refractivity contribution in [1.29, 1.82) is 0 Å². The van der Waals surface area contributed by atoms with Gasteiger partial charge in [0.2, 0.25) is 0 Å². The Morgan fingerprint density at radius 3 is 1.64 bits per heavy atom. The Morgan fingerprint density at radius 2 is 1.36 bits per heavy atom. The Balaban J connectivity index is 1.94. The van der Waals surface area contributed by atoms with Gasteiger partial charge in [-0.15, -0.1) is 22.7 Å². The van der Waals surface area contributed by atoms with E-state index in [-0.39, 0.29) is 0 Å². The Kier molecular flexibility index (Phi) is 3.48. The number of aromatic nitrogens is 2. The number of hydrogen-bond acceptors (Lipinski definition) is 6. The molecule has 6 heteroatoms. The zero-order chi connectivity index (χ0) is 9.97. The molecule has 0 aliphatic heterocycles. The summed E-state index contributed by atoms with van der Waals surface area (Å²) in [4.78, 5) is 8.74. The van der Waals surface area contributed by atoms with Crippen LogP contribution in [0.4, 0.5) is 0 Å². The van der Waals surface area contributed by atoms with Crippen LogP contribution in [0.1, 0.15) is 11.4 Å². The van der Waals surface area contributed by atoms with Crippen molar-refractivity contribution >= 4 is 44.3 Å². The zero-order valence-electron chi connectivity index (χ0n) is 7.68. The molecule has 0 spiro atoms. The van der Waals surface area contributed by atoms with Gasteiger partial charge in [-0.2, -0.15) is 0 Å². The minimum atomic E-state index is 1.09. The predicted molar refractivity (Wildman–Crippen MR) is 65.4 cm³/mol. The van der Waals surface area contributed by atoms with E-state index in [1.165, 1.54) is 0 Å². The van der Waals surface area contributed by atoms with Gasteiger partial charge in [0.1, 0.15) is 0 Å². The first kappa shape index (κ1) is 10.5. The molecule has 0 aromatic carbocycles. The third-order valence-electron chi connectivity index (χ3n) is 1.38. The quantitative estimate of drug-likeness (QED) is 0.779. The summed E-state index contributed by atoms with van der Waals surface area (Å²) in [5, 5.41) is 4.13. The summed E-state index contributed by atoms with van der Waals surface area (Å²) in [6.07, 6.45) is 0. The molecule has 2 rings (SSSR count). The largest absolute Gasteiger partial charge is 0.234 e. The molecule has 2 aromatic rings. The van der Waals surface area contributed by atoms with E-state index >= 15 is 0 Å². The van der Waals surface area contributed by atoms with Crippen LogP contribution < -0.4 is 0 Å². The molecule has 0 radical (unpaired) electrons. The normalized spacial score (nSPS) is 10.7. The summed E-state index contributed by atoms with van der Waals surface area (Å²) >= 11 is 3.37. The maximum atomic E-state index is 4.37. The van der Waals surface area contributed by atoms with Crippen molar-refractivity contribution in [3.63, 3.8) is 0 Å². The summed E-state index contributed by atoms with van der Waals surface area (Å²) in [5.74, 6) is 0. The van der Waals surface area contributed by atoms with Gasteiger partial charge in [0.05, 0.1) is 0 Å². The summed E-state index contributed by atoms with van der Waals surface area (Å²) in [7, 11) is 3.36. The second kappa shape index (κ2) is 4.65. The first-order chi connectivity index (χ1) is 6.74. The van der Waals surface area contributed by atoms with Crippen LogP contribution in [0.15, 0.2) is 19.4 Å². The molecular formula is C8H8N2S4. The minimum Gasteiger partial charge on any atom is -0.234 e. The highest BCUT2D eigenvalue weighted by Crippen LogP contribution is 2.39. The second-order valence-electron chi connectivity index (χ2n) is 2.68. The van der Waals surface area contributed by atoms with Gasteiger partial charge in [-0.25, -0.2) is 9.97 Å². The topological polar surface area (TPSA) is 25.8 Å². The maximum Gasteiger partial charge on any atom is 0.161 e. The van der Waals surface area contributed by atoms with Gasteiger partial charge in [0.15, 0.2) is 8.68 Å². The zero-order valence-corrected chi connectivity index (χ0v) is 10.9. The summed E-state index contributed by atoms with van der Waals surface area (Å²) < 4.78 is 2.20. The highest BCUT2D eigenvalue weighted by atomic mass is 33.1. The van der Waals surface area contributed by atoms with Crippen molar-refractivity contribution < 1.29 is 0 Å². The minimum absolute atomic E-state index is 1.09. The van der Waals surface area contributed by atoms with E-state index in [9.17, 15) is 0 Å². The molecule has 0 unspecified atom stereocenters. The van der Waals surface area contributed by atoms with Crippen molar-refractivity contribution in [2.24, 2.45) is 0 Å². The third-order valence-corrected chi connectivity index (χ3v) is 6.34. The average molecular weight is 260 g/mol. The van der Waals surface area contributed by atoms with Crippen molar-refractivity contribution in [2.75, 3.05) is 0 Å². The molecule has 0 fully saturated rings. The molecule has 2 nitrogen and oxygen atoms in total. The van der Waals surface area contributed by atoms with Crippen LogP contribution in [0.2, 0.25) is 0 Å². The molecule has 14 heavy (non-hydrogen) atoms. The fourth-order valence-electron chi connectivity index (χ4n) is 0.813. The van der Waals surface area contributed by atoms with Gasteiger partial charge in [-0.3, -0.25) is 0 Å². The molecule has 0 N–H and O–H groups in total. The van der Waals surface area contributed by atoms with Crippen LogP contribution in [0.25, 0.3) is 0 Å². The van der Waals surface area contributed by atoms with E-state index in [0.717, 1.165) is 20.1 Å². The third kappa shape index (κ3) is 2.73. The monoisotopic (exact) mass is 260 g/mol. The van der Waals surface area contributed by atoms with Crippen LogP contribution in [0, 0.1) is 13.8 Å².